The standard InChI is InChI=1S/C72H140O17P2/c1-6-9-12-15-18-21-23-24-25-26-27-28-29-30-31-32-33-35-37-42-47-52-57-71(76)88-67(62-83-70(75)56-51-46-41-36-34-22-19-16-13-10-7-2)63-86-90(78,79)84-59-66(73)60-85-91(80,81)87-64-68(61-82-69(74)55-50-45-40-20-17-14-11-8-3)89-72(77)58-53-48-43-38-39-44-49-54-65(4)5/h65-68,73H,6-64H2,1-5H3,(H,78,79)(H,80,81)/t66-,67-,68-/m1/s1. The number of rotatable bonds is 72. The predicted molar refractivity (Wildman–Crippen MR) is 368 cm³/mol. The van der Waals surface area contributed by atoms with E-state index in [1.807, 2.05) is 0 Å². The number of carbonyl (C=O) groups excluding carboxylic acids is 4. The van der Waals surface area contributed by atoms with Gasteiger partial charge in [0.05, 0.1) is 26.4 Å². The summed E-state index contributed by atoms with van der Waals surface area (Å²) in [5, 5.41) is 10.6. The van der Waals surface area contributed by atoms with Crippen molar-refractivity contribution in [2.75, 3.05) is 39.6 Å². The molecule has 0 aliphatic rings. The summed E-state index contributed by atoms with van der Waals surface area (Å²) in [7, 11) is -9.89. The predicted octanol–water partition coefficient (Wildman–Crippen LogP) is 20.9. The highest BCUT2D eigenvalue weighted by molar-refractivity contribution is 7.47. The van der Waals surface area contributed by atoms with E-state index in [1.165, 1.54) is 193 Å². The summed E-state index contributed by atoms with van der Waals surface area (Å²) < 4.78 is 68.2. The molecular weight excluding hydrogens is 1200 g/mol. The third-order valence-corrected chi connectivity index (χ3v) is 18.7. The van der Waals surface area contributed by atoms with Crippen LogP contribution >= 0.6 is 15.6 Å². The summed E-state index contributed by atoms with van der Waals surface area (Å²) in [6.45, 7) is 7.16. The van der Waals surface area contributed by atoms with Crippen molar-refractivity contribution in [3.63, 3.8) is 0 Å². The third-order valence-electron chi connectivity index (χ3n) is 16.8. The monoisotopic (exact) mass is 1340 g/mol. The summed E-state index contributed by atoms with van der Waals surface area (Å²) in [5.41, 5.74) is 0. The van der Waals surface area contributed by atoms with Crippen molar-refractivity contribution in [1.29, 1.82) is 0 Å². The summed E-state index contributed by atoms with van der Waals surface area (Å²) >= 11 is 0. The van der Waals surface area contributed by atoms with Gasteiger partial charge in [-0.15, -0.1) is 0 Å². The molecule has 0 bridgehead atoms. The van der Waals surface area contributed by atoms with Crippen LogP contribution in [0.15, 0.2) is 0 Å². The van der Waals surface area contributed by atoms with Crippen LogP contribution in [0.25, 0.3) is 0 Å². The van der Waals surface area contributed by atoms with Gasteiger partial charge in [-0.2, -0.15) is 0 Å². The third kappa shape index (κ3) is 66.5. The second-order valence-corrected chi connectivity index (χ2v) is 29.4. The smallest absolute Gasteiger partial charge is 0.462 e. The first kappa shape index (κ1) is 89.1. The maximum absolute atomic E-state index is 13.0. The molecule has 0 radical (unpaired) electrons. The largest absolute Gasteiger partial charge is 0.472 e. The molecule has 540 valence electrons. The highest BCUT2D eigenvalue weighted by Crippen LogP contribution is 2.45. The molecule has 17 nitrogen and oxygen atoms in total. The molecule has 0 fully saturated rings. The molecule has 0 aliphatic carbocycles. The average Bonchev–Trinajstić information content (AvgIpc) is 2.22. The van der Waals surface area contributed by atoms with Crippen LogP contribution in [0.4, 0.5) is 0 Å². The Hall–Kier alpha value is -1.94. The van der Waals surface area contributed by atoms with Crippen molar-refractivity contribution >= 4 is 39.5 Å². The van der Waals surface area contributed by atoms with Crippen molar-refractivity contribution in [3.05, 3.63) is 0 Å². The van der Waals surface area contributed by atoms with Crippen LogP contribution in [-0.2, 0) is 65.4 Å². The molecule has 0 rings (SSSR count). The first-order chi connectivity index (χ1) is 44.0. The summed E-state index contributed by atoms with van der Waals surface area (Å²) in [6, 6.07) is 0. The number of unbranched alkanes of at least 4 members (excludes halogenated alkanes) is 44. The number of phosphoric acid groups is 2. The van der Waals surface area contributed by atoms with Crippen molar-refractivity contribution in [3.8, 4) is 0 Å². The minimum atomic E-state index is -4.95. The van der Waals surface area contributed by atoms with E-state index in [-0.39, 0.29) is 25.7 Å². The first-order valence-corrected chi connectivity index (χ1v) is 40.6. The van der Waals surface area contributed by atoms with E-state index in [1.54, 1.807) is 0 Å². The van der Waals surface area contributed by atoms with Gasteiger partial charge in [0, 0.05) is 25.7 Å². The van der Waals surface area contributed by atoms with Crippen LogP contribution in [0.1, 0.15) is 375 Å². The summed E-state index contributed by atoms with van der Waals surface area (Å²) in [5.74, 6) is -1.43. The van der Waals surface area contributed by atoms with Gasteiger partial charge in [0.1, 0.15) is 19.3 Å². The molecule has 0 heterocycles. The van der Waals surface area contributed by atoms with E-state index < -0.39 is 97.5 Å². The molecule has 19 heteroatoms. The fourth-order valence-electron chi connectivity index (χ4n) is 11.0. The van der Waals surface area contributed by atoms with Crippen LogP contribution in [0, 0.1) is 5.92 Å². The van der Waals surface area contributed by atoms with Crippen molar-refractivity contribution in [2.45, 2.75) is 393 Å². The molecule has 0 aromatic rings. The first-order valence-electron chi connectivity index (χ1n) is 37.6. The normalized spacial score (nSPS) is 14.0. The van der Waals surface area contributed by atoms with Gasteiger partial charge in [-0.05, 0) is 31.6 Å². The Bertz CT molecular complexity index is 1750. The number of hydrogen-bond acceptors (Lipinski definition) is 15. The molecular formula is C72H140O17P2. The number of aliphatic hydroxyl groups excluding tert-OH is 1. The van der Waals surface area contributed by atoms with Gasteiger partial charge in [-0.1, -0.05) is 324 Å². The topological polar surface area (TPSA) is 237 Å². The summed E-state index contributed by atoms with van der Waals surface area (Å²) in [4.78, 5) is 72.4. The zero-order valence-corrected chi connectivity index (χ0v) is 60.8. The number of carbonyl (C=O) groups is 4. The highest BCUT2D eigenvalue weighted by Gasteiger charge is 2.30. The molecule has 0 aliphatic heterocycles. The lowest BCUT2D eigenvalue weighted by Gasteiger charge is -2.21. The number of phosphoric ester groups is 2. The van der Waals surface area contributed by atoms with E-state index >= 15 is 0 Å². The molecule has 0 saturated carbocycles. The molecule has 0 amide bonds. The van der Waals surface area contributed by atoms with Crippen LogP contribution in [0.2, 0.25) is 0 Å². The van der Waals surface area contributed by atoms with Gasteiger partial charge in [-0.25, -0.2) is 9.13 Å². The zero-order valence-electron chi connectivity index (χ0n) is 59.0. The Balaban J connectivity index is 5.12. The minimum absolute atomic E-state index is 0.104. The van der Waals surface area contributed by atoms with Gasteiger partial charge in [0.2, 0.25) is 0 Å². The van der Waals surface area contributed by atoms with Gasteiger partial charge in [0.25, 0.3) is 0 Å². The number of aliphatic hydroxyl groups is 1. The Morgan fingerprint density at radius 3 is 0.747 bits per heavy atom. The Morgan fingerprint density at radius 1 is 0.297 bits per heavy atom. The maximum Gasteiger partial charge on any atom is 0.472 e. The van der Waals surface area contributed by atoms with E-state index in [4.69, 9.17) is 37.0 Å². The van der Waals surface area contributed by atoms with Gasteiger partial charge in [0.15, 0.2) is 12.2 Å². The van der Waals surface area contributed by atoms with E-state index in [0.29, 0.717) is 31.6 Å². The van der Waals surface area contributed by atoms with Crippen LogP contribution < -0.4 is 0 Å². The molecule has 3 N–H and O–H groups in total. The van der Waals surface area contributed by atoms with E-state index in [2.05, 4.69) is 34.6 Å². The molecule has 5 atom stereocenters. The Morgan fingerprint density at radius 2 is 0.505 bits per heavy atom. The number of ether oxygens (including phenoxy) is 4. The highest BCUT2D eigenvalue weighted by atomic mass is 31.2. The van der Waals surface area contributed by atoms with Crippen LogP contribution in [0.5, 0.6) is 0 Å². The van der Waals surface area contributed by atoms with Crippen LogP contribution in [0.3, 0.4) is 0 Å². The lowest BCUT2D eigenvalue weighted by Crippen LogP contribution is -2.30. The Labute approximate surface area is 556 Å². The average molecular weight is 1340 g/mol. The second kappa shape index (κ2) is 65.4. The maximum atomic E-state index is 13.0. The van der Waals surface area contributed by atoms with Crippen molar-refractivity contribution in [1.82, 2.24) is 0 Å². The lowest BCUT2D eigenvalue weighted by atomic mass is 10.0. The Kier molecular flexibility index (Phi) is 64.0. The quantitative estimate of drug-likeness (QED) is 0.0222. The lowest BCUT2D eigenvalue weighted by molar-refractivity contribution is -0.161. The van der Waals surface area contributed by atoms with E-state index in [9.17, 15) is 43.2 Å². The number of esters is 4. The minimum Gasteiger partial charge on any atom is -0.462 e. The SMILES string of the molecule is CCCCCCCCCCCCCCCCCCCCCCCCC(=O)O[C@H](COC(=O)CCCCCCCCCCCCC)COP(=O)(O)OC[C@@H](O)COP(=O)(O)OC[C@@H](COC(=O)CCCCCCCCCC)OC(=O)CCCCCCCCCC(C)C. The molecule has 91 heavy (non-hydrogen) atoms. The molecule has 0 aromatic heterocycles. The van der Waals surface area contributed by atoms with Crippen molar-refractivity contribution in [2.24, 2.45) is 5.92 Å². The molecule has 0 aromatic carbocycles. The zero-order chi connectivity index (χ0) is 67.0. The fraction of sp³-hybridized carbons (Fsp3) is 0.944. The van der Waals surface area contributed by atoms with Gasteiger partial charge >= 0.3 is 39.5 Å². The van der Waals surface area contributed by atoms with E-state index in [0.717, 1.165) is 96.3 Å². The summed E-state index contributed by atoms with van der Waals surface area (Å²) in [6.07, 6.45) is 53.1. The molecule has 2 unspecified atom stereocenters. The second-order valence-electron chi connectivity index (χ2n) is 26.5. The van der Waals surface area contributed by atoms with Gasteiger partial charge in [-0.3, -0.25) is 37.3 Å². The molecule has 0 saturated heterocycles. The van der Waals surface area contributed by atoms with Crippen molar-refractivity contribution < 1.29 is 80.2 Å². The number of hydrogen-bond donors (Lipinski definition) is 3. The van der Waals surface area contributed by atoms with Crippen LogP contribution in [-0.4, -0.2) is 96.7 Å². The molecule has 0 spiro atoms. The van der Waals surface area contributed by atoms with Gasteiger partial charge < -0.3 is 33.8 Å². The fourth-order valence-corrected chi connectivity index (χ4v) is 12.6.